The molecule has 1 aliphatic heterocycles. The molecule has 52 heavy (non-hydrogen) atoms. The van der Waals surface area contributed by atoms with Crippen LogP contribution in [0.5, 0.6) is 5.75 Å². The molecular formula is C40H43F4NO7. The van der Waals surface area contributed by atoms with Gasteiger partial charge in [-0.05, 0) is 80.4 Å². The highest BCUT2D eigenvalue weighted by molar-refractivity contribution is 5.60. The zero-order valence-corrected chi connectivity index (χ0v) is 29.4. The second-order valence-electron chi connectivity index (χ2n) is 13.4. The average molecular weight is 726 g/mol. The van der Waals surface area contributed by atoms with E-state index in [4.69, 9.17) is 28.5 Å². The van der Waals surface area contributed by atoms with Gasteiger partial charge in [0.1, 0.15) is 34.6 Å². The summed E-state index contributed by atoms with van der Waals surface area (Å²) in [7, 11) is 0. The van der Waals surface area contributed by atoms with Crippen LogP contribution in [0.25, 0.3) is 0 Å². The highest BCUT2D eigenvalue weighted by Gasteiger charge is 2.42. The molecule has 0 N–H and O–H groups in total. The van der Waals surface area contributed by atoms with Crippen LogP contribution in [0.4, 0.5) is 22.4 Å². The topological polar surface area (TPSA) is 75.7 Å². The van der Waals surface area contributed by atoms with E-state index in [0.29, 0.717) is 32.0 Å². The molecule has 1 aliphatic rings. The van der Waals surface area contributed by atoms with E-state index >= 15 is 0 Å². The van der Waals surface area contributed by atoms with Crippen molar-refractivity contribution in [1.82, 2.24) is 5.06 Å². The summed E-state index contributed by atoms with van der Waals surface area (Å²) in [6, 6.07) is 23.2. The van der Waals surface area contributed by atoms with E-state index in [9.17, 15) is 22.4 Å². The molecule has 3 atom stereocenters. The number of carbonyl (C=O) groups is 1. The van der Waals surface area contributed by atoms with Crippen molar-refractivity contribution >= 4 is 6.16 Å². The van der Waals surface area contributed by atoms with Gasteiger partial charge in [-0.15, -0.1) is 5.06 Å². The molecule has 0 saturated carbocycles. The van der Waals surface area contributed by atoms with Crippen molar-refractivity contribution in [3.05, 3.63) is 137 Å². The normalized spacial score (nSPS) is 17.9. The predicted octanol–water partition coefficient (Wildman–Crippen LogP) is 8.67. The first kappa shape index (κ1) is 38.7. The lowest BCUT2D eigenvalue weighted by Crippen LogP contribution is -2.53. The fourth-order valence-electron chi connectivity index (χ4n) is 5.74. The average Bonchev–Trinajstić information content (AvgIpc) is 3.10. The monoisotopic (exact) mass is 725 g/mol. The number of carbonyl (C=O) groups excluding carboxylic acids is 1. The van der Waals surface area contributed by atoms with Crippen molar-refractivity contribution in [2.75, 3.05) is 26.3 Å². The third-order valence-electron chi connectivity index (χ3n) is 8.16. The van der Waals surface area contributed by atoms with Crippen molar-refractivity contribution in [3.63, 3.8) is 0 Å². The van der Waals surface area contributed by atoms with Gasteiger partial charge in [0.25, 0.3) is 0 Å². The van der Waals surface area contributed by atoms with Gasteiger partial charge in [0.2, 0.25) is 0 Å². The molecule has 0 aliphatic carbocycles. The van der Waals surface area contributed by atoms with Gasteiger partial charge in [0.05, 0.1) is 58.3 Å². The number of halogens is 4. The number of rotatable bonds is 15. The Morgan fingerprint density at radius 3 is 1.87 bits per heavy atom. The predicted molar refractivity (Wildman–Crippen MR) is 184 cm³/mol. The van der Waals surface area contributed by atoms with Crippen LogP contribution >= 0.6 is 0 Å². The van der Waals surface area contributed by atoms with Gasteiger partial charge in [-0.2, -0.15) is 0 Å². The second kappa shape index (κ2) is 18.3. The van der Waals surface area contributed by atoms with Crippen LogP contribution in [0.2, 0.25) is 0 Å². The lowest BCUT2D eigenvalue weighted by atomic mass is 9.85. The van der Waals surface area contributed by atoms with E-state index in [1.54, 1.807) is 32.9 Å². The van der Waals surface area contributed by atoms with Gasteiger partial charge < -0.3 is 28.5 Å². The number of ether oxygens (including phenoxy) is 5. The third kappa shape index (κ3) is 11.8. The highest BCUT2D eigenvalue weighted by atomic mass is 19.1. The molecule has 0 radical (unpaired) electrons. The molecule has 12 heteroatoms. The van der Waals surface area contributed by atoms with Gasteiger partial charge in [-0.1, -0.05) is 42.5 Å². The number of nitrogens with zero attached hydrogens (tertiary/aromatic N) is 1. The zero-order chi connectivity index (χ0) is 37.1. The third-order valence-corrected chi connectivity index (χ3v) is 8.16. The minimum Gasteiger partial charge on any atom is -0.494 e. The van der Waals surface area contributed by atoms with Crippen molar-refractivity contribution in [2.45, 2.75) is 70.7 Å². The summed E-state index contributed by atoms with van der Waals surface area (Å²) in [4.78, 5) is 18.2. The van der Waals surface area contributed by atoms with Crippen LogP contribution in [0, 0.1) is 23.3 Å². The minimum atomic E-state index is -0.970. The summed E-state index contributed by atoms with van der Waals surface area (Å²) in [6.45, 7) is 5.88. The molecule has 0 bridgehead atoms. The number of benzene rings is 4. The molecule has 4 aromatic carbocycles. The smallest absolute Gasteiger partial charge is 0.494 e. The Morgan fingerprint density at radius 1 is 0.731 bits per heavy atom. The van der Waals surface area contributed by atoms with Crippen LogP contribution in [0.1, 0.15) is 55.4 Å². The van der Waals surface area contributed by atoms with Crippen LogP contribution < -0.4 is 4.74 Å². The van der Waals surface area contributed by atoms with E-state index < -0.39 is 53.2 Å². The summed E-state index contributed by atoms with van der Waals surface area (Å²) in [6.07, 6.45) is -1.95. The summed E-state index contributed by atoms with van der Waals surface area (Å²) < 4.78 is 86.8. The molecule has 0 amide bonds. The number of hydroxylamine groups is 2. The van der Waals surface area contributed by atoms with Gasteiger partial charge in [-0.3, -0.25) is 0 Å². The van der Waals surface area contributed by atoms with E-state index in [-0.39, 0.29) is 37.4 Å². The lowest BCUT2D eigenvalue weighted by Gasteiger charge is -2.42. The molecule has 1 fully saturated rings. The Labute approximate surface area is 301 Å². The summed E-state index contributed by atoms with van der Waals surface area (Å²) in [5, 5.41) is 1.29. The van der Waals surface area contributed by atoms with Gasteiger partial charge in [-0.25, -0.2) is 22.4 Å². The van der Waals surface area contributed by atoms with Crippen molar-refractivity contribution < 1.29 is 50.9 Å². The molecule has 1 saturated heterocycles. The van der Waals surface area contributed by atoms with Gasteiger partial charge in [0, 0.05) is 23.5 Å². The van der Waals surface area contributed by atoms with E-state index in [2.05, 4.69) is 0 Å². The van der Waals surface area contributed by atoms with Crippen LogP contribution in [-0.4, -0.2) is 55.3 Å². The van der Waals surface area contributed by atoms with Crippen LogP contribution in [0.15, 0.2) is 91.0 Å². The second-order valence-corrected chi connectivity index (χ2v) is 13.4. The molecule has 8 nitrogen and oxygen atoms in total. The van der Waals surface area contributed by atoms with Gasteiger partial charge in [0.15, 0.2) is 0 Å². The Kier molecular flexibility index (Phi) is 13.6. The summed E-state index contributed by atoms with van der Waals surface area (Å²) in [5.74, 6) is -2.56. The van der Waals surface area contributed by atoms with Crippen molar-refractivity contribution in [1.29, 1.82) is 0 Å². The van der Waals surface area contributed by atoms with Crippen LogP contribution in [-0.2, 0) is 43.6 Å². The molecule has 278 valence electrons. The fourth-order valence-corrected chi connectivity index (χ4v) is 5.74. The maximum atomic E-state index is 14.6. The molecule has 1 heterocycles. The Balaban J connectivity index is 1.34. The molecule has 1 unspecified atom stereocenters. The van der Waals surface area contributed by atoms with Crippen molar-refractivity contribution in [2.24, 2.45) is 0 Å². The van der Waals surface area contributed by atoms with Crippen molar-refractivity contribution in [3.8, 4) is 5.75 Å². The maximum Gasteiger partial charge on any atom is 0.528 e. The Morgan fingerprint density at radius 2 is 1.31 bits per heavy atom. The number of piperidine rings is 1. The minimum absolute atomic E-state index is 0.00371. The SMILES string of the molecule is CC(C)(C)OC(=O)ON1C[C@H](OCc2cc(F)ccc2F)C(c2ccc(OCCCOCc3ccccc3)cc2)[C@H](OCc2cc(F)ccc2F)C1. The quantitative estimate of drug-likeness (QED) is 0.0685. The zero-order valence-electron chi connectivity index (χ0n) is 29.4. The van der Waals surface area contributed by atoms with E-state index in [1.807, 2.05) is 42.5 Å². The van der Waals surface area contributed by atoms with E-state index in [1.165, 1.54) is 5.06 Å². The first-order valence-corrected chi connectivity index (χ1v) is 17.0. The molecule has 0 spiro atoms. The van der Waals surface area contributed by atoms with Gasteiger partial charge >= 0.3 is 6.16 Å². The standard InChI is InChI=1S/C40H43F4NO7/c1-40(2,3)51-39(46)52-45-22-36(49-25-29-20-31(41)12-16-34(29)43)38(37(23-45)50-26-30-21-32(42)13-17-35(30)44)28-10-14-33(15-11-28)48-19-7-18-47-24-27-8-5-4-6-9-27/h4-6,8-17,20-21,36-38H,7,18-19,22-26H2,1-3H3/t36-,37+,38?. The Bertz CT molecular complexity index is 1670. The van der Waals surface area contributed by atoms with E-state index in [0.717, 1.165) is 47.5 Å². The first-order valence-electron chi connectivity index (χ1n) is 17.0. The highest BCUT2D eigenvalue weighted by Crippen LogP contribution is 2.35. The molecule has 5 rings (SSSR count). The Hall–Kier alpha value is -4.49. The number of hydrogen-bond donors (Lipinski definition) is 0. The fraction of sp³-hybridized carbons (Fsp3) is 0.375. The molecular weight excluding hydrogens is 682 g/mol. The lowest BCUT2D eigenvalue weighted by molar-refractivity contribution is -0.209. The number of hydrogen-bond acceptors (Lipinski definition) is 8. The maximum absolute atomic E-state index is 14.6. The molecule has 4 aromatic rings. The summed E-state index contributed by atoms with van der Waals surface area (Å²) >= 11 is 0. The first-order chi connectivity index (χ1) is 24.9. The summed E-state index contributed by atoms with van der Waals surface area (Å²) in [5.41, 5.74) is 0.946. The van der Waals surface area contributed by atoms with Crippen LogP contribution in [0.3, 0.4) is 0 Å². The molecule has 0 aromatic heterocycles. The largest absolute Gasteiger partial charge is 0.528 e.